The van der Waals surface area contributed by atoms with Crippen LogP contribution in [0, 0.1) is 13.8 Å². The lowest BCUT2D eigenvalue weighted by Gasteiger charge is -2.06. The monoisotopic (exact) mass is 451 g/mol. The summed E-state index contributed by atoms with van der Waals surface area (Å²) in [6, 6.07) is 15.7. The van der Waals surface area contributed by atoms with Gasteiger partial charge in [-0.05, 0) is 54.6 Å². The molecule has 31 heavy (non-hydrogen) atoms. The largest absolute Gasteiger partial charge is 0.489 e. The van der Waals surface area contributed by atoms with Crippen molar-refractivity contribution in [3.63, 3.8) is 0 Å². The summed E-state index contributed by atoms with van der Waals surface area (Å²) in [5.74, 6) is 0.591. The van der Waals surface area contributed by atoms with Gasteiger partial charge in [0.15, 0.2) is 0 Å². The lowest BCUT2D eigenvalue weighted by atomic mass is 10.1. The number of rotatable bonds is 7. The van der Waals surface area contributed by atoms with E-state index >= 15 is 0 Å². The van der Waals surface area contributed by atoms with E-state index in [1.165, 1.54) is 16.9 Å². The first-order chi connectivity index (χ1) is 15.0. The smallest absolute Gasteiger partial charge is 0.265 e. The Morgan fingerprint density at radius 3 is 2.71 bits per heavy atom. The van der Waals surface area contributed by atoms with Crippen molar-refractivity contribution in [3.05, 3.63) is 98.5 Å². The number of carbonyl (C=O) groups is 1. The number of halogens is 1. The average Bonchev–Trinajstić information content (AvgIpc) is 3.40. The SMILES string of the molecule is Cc1ccc(Cn2cc(NC(=O)c3cc(COc4ccc(Cl)c(C)c4)cs3)cn2)cc1. The van der Waals surface area contributed by atoms with Crippen LogP contribution < -0.4 is 10.1 Å². The van der Waals surface area contributed by atoms with E-state index < -0.39 is 0 Å². The highest BCUT2D eigenvalue weighted by atomic mass is 35.5. The van der Waals surface area contributed by atoms with Crippen LogP contribution in [0.1, 0.15) is 31.9 Å². The third kappa shape index (κ3) is 5.54. The fourth-order valence-electron chi connectivity index (χ4n) is 3.03. The van der Waals surface area contributed by atoms with Crippen molar-refractivity contribution in [1.82, 2.24) is 9.78 Å². The van der Waals surface area contributed by atoms with E-state index in [2.05, 4.69) is 41.6 Å². The molecule has 2 aromatic carbocycles. The van der Waals surface area contributed by atoms with Gasteiger partial charge in [-0.25, -0.2) is 0 Å². The highest BCUT2D eigenvalue weighted by Gasteiger charge is 2.11. The van der Waals surface area contributed by atoms with E-state index in [-0.39, 0.29) is 5.91 Å². The van der Waals surface area contributed by atoms with Gasteiger partial charge in [0.2, 0.25) is 0 Å². The van der Waals surface area contributed by atoms with Crippen molar-refractivity contribution in [1.29, 1.82) is 0 Å². The van der Waals surface area contributed by atoms with Crippen LogP contribution in [0.3, 0.4) is 0 Å². The summed E-state index contributed by atoms with van der Waals surface area (Å²) in [5, 5.41) is 9.89. The van der Waals surface area contributed by atoms with Crippen molar-refractivity contribution < 1.29 is 9.53 Å². The first-order valence-corrected chi connectivity index (χ1v) is 11.1. The van der Waals surface area contributed by atoms with E-state index in [1.807, 2.05) is 47.4 Å². The molecular weight excluding hydrogens is 430 g/mol. The zero-order valence-corrected chi connectivity index (χ0v) is 18.8. The molecule has 0 radical (unpaired) electrons. The summed E-state index contributed by atoms with van der Waals surface area (Å²) in [6.45, 7) is 5.04. The molecule has 158 valence electrons. The molecule has 0 atom stereocenters. The molecule has 7 heteroatoms. The molecule has 0 saturated heterocycles. The molecule has 0 bridgehead atoms. The lowest BCUT2D eigenvalue weighted by molar-refractivity contribution is 0.103. The number of hydrogen-bond donors (Lipinski definition) is 1. The first kappa shape index (κ1) is 21.2. The molecule has 0 aliphatic rings. The van der Waals surface area contributed by atoms with Gasteiger partial charge in [0.25, 0.3) is 5.91 Å². The van der Waals surface area contributed by atoms with Crippen LogP contribution in [0.25, 0.3) is 0 Å². The van der Waals surface area contributed by atoms with E-state index in [0.29, 0.717) is 28.7 Å². The molecule has 1 amide bonds. The Morgan fingerprint density at radius 2 is 1.94 bits per heavy atom. The number of aromatic nitrogens is 2. The molecule has 0 spiro atoms. The van der Waals surface area contributed by atoms with Gasteiger partial charge in [-0.1, -0.05) is 41.4 Å². The van der Waals surface area contributed by atoms with Crippen molar-refractivity contribution in [2.75, 3.05) is 5.32 Å². The van der Waals surface area contributed by atoms with Gasteiger partial charge in [0, 0.05) is 16.8 Å². The number of benzene rings is 2. The first-order valence-electron chi connectivity index (χ1n) is 9.82. The Kier molecular flexibility index (Phi) is 6.39. The number of thiophene rings is 1. The molecule has 4 aromatic rings. The van der Waals surface area contributed by atoms with E-state index in [9.17, 15) is 4.79 Å². The second-order valence-electron chi connectivity index (χ2n) is 7.39. The van der Waals surface area contributed by atoms with Crippen molar-refractivity contribution in [2.24, 2.45) is 0 Å². The van der Waals surface area contributed by atoms with Crippen LogP contribution in [0.4, 0.5) is 5.69 Å². The topological polar surface area (TPSA) is 56.2 Å². The summed E-state index contributed by atoms with van der Waals surface area (Å²) in [5.41, 5.74) is 4.96. The van der Waals surface area contributed by atoms with Gasteiger partial charge in [-0.3, -0.25) is 9.48 Å². The molecule has 1 N–H and O–H groups in total. The second kappa shape index (κ2) is 9.37. The minimum atomic E-state index is -0.159. The number of nitrogens with one attached hydrogen (secondary N) is 1. The van der Waals surface area contributed by atoms with E-state index in [0.717, 1.165) is 22.4 Å². The Bertz CT molecular complexity index is 1200. The molecule has 2 aromatic heterocycles. The van der Waals surface area contributed by atoms with E-state index in [1.54, 1.807) is 6.20 Å². The van der Waals surface area contributed by atoms with Crippen molar-refractivity contribution in [3.8, 4) is 5.75 Å². The van der Waals surface area contributed by atoms with E-state index in [4.69, 9.17) is 16.3 Å². The third-order valence-electron chi connectivity index (χ3n) is 4.77. The summed E-state index contributed by atoms with van der Waals surface area (Å²) < 4.78 is 7.62. The number of anilines is 1. The van der Waals surface area contributed by atoms with Crippen LogP contribution in [-0.4, -0.2) is 15.7 Å². The summed E-state index contributed by atoms with van der Waals surface area (Å²) in [6.07, 6.45) is 3.49. The molecular formula is C24H22ClN3O2S. The standard InChI is InChI=1S/C24H22ClN3O2S/c1-16-3-5-18(6-4-16)12-28-13-20(11-26-28)27-24(29)23-10-19(15-31-23)14-30-21-7-8-22(25)17(2)9-21/h3-11,13,15H,12,14H2,1-2H3,(H,27,29). The maximum absolute atomic E-state index is 12.6. The Morgan fingerprint density at radius 1 is 1.13 bits per heavy atom. The van der Waals surface area contributed by atoms with Gasteiger partial charge < -0.3 is 10.1 Å². The summed E-state index contributed by atoms with van der Waals surface area (Å²) in [7, 11) is 0. The van der Waals surface area contributed by atoms with Crippen LogP contribution in [-0.2, 0) is 13.2 Å². The van der Waals surface area contributed by atoms with Crippen LogP contribution in [0.2, 0.25) is 5.02 Å². The van der Waals surface area contributed by atoms with Crippen molar-refractivity contribution in [2.45, 2.75) is 27.0 Å². The maximum atomic E-state index is 12.6. The molecule has 0 fully saturated rings. The van der Waals surface area contributed by atoms with Crippen LogP contribution >= 0.6 is 22.9 Å². The minimum absolute atomic E-state index is 0.159. The number of carbonyl (C=O) groups excluding carboxylic acids is 1. The lowest BCUT2D eigenvalue weighted by Crippen LogP contribution is -2.09. The average molecular weight is 452 g/mol. The van der Waals surface area contributed by atoms with Crippen LogP contribution in [0.5, 0.6) is 5.75 Å². The minimum Gasteiger partial charge on any atom is -0.489 e. The van der Waals surface area contributed by atoms with Gasteiger partial charge in [-0.15, -0.1) is 11.3 Å². The number of nitrogens with zero attached hydrogens (tertiary/aromatic N) is 2. The quantitative estimate of drug-likeness (QED) is 0.369. The number of hydrogen-bond acceptors (Lipinski definition) is 4. The van der Waals surface area contributed by atoms with Gasteiger partial charge in [-0.2, -0.15) is 5.10 Å². The maximum Gasteiger partial charge on any atom is 0.265 e. The highest BCUT2D eigenvalue weighted by molar-refractivity contribution is 7.12. The highest BCUT2D eigenvalue weighted by Crippen LogP contribution is 2.23. The third-order valence-corrected chi connectivity index (χ3v) is 6.17. The molecule has 0 aliphatic carbocycles. The van der Waals surface area contributed by atoms with Gasteiger partial charge >= 0.3 is 0 Å². The molecule has 2 heterocycles. The number of aryl methyl sites for hydroxylation is 2. The van der Waals surface area contributed by atoms with Gasteiger partial charge in [0.1, 0.15) is 12.4 Å². The van der Waals surface area contributed by atoms with Crippen molar-refractivity contribution >= 4 is 34.5 Å². The fraction of sp³-hybridized carbons (Fsp3) is 0.167. The molecule has 4 rings (SSSR count). The summed E-state index contributed by atoms with van der Waals surface area (Å²) >= 11 is 7.43. The fourth-order valence-corrected chi connectivity index (χ4v) is 3.94. The Balaban J connectivity index is 1.33. The Hall–Kier alpha value is -3.09. The normalized spacial score (nSPS) is 10.8. The zero-order chi connectivity index (χ0) is 21.8. The summed E-state index contributed by atoms with van der Waals surface area (Å²) in [4.78, 5) is 13.2. The predicted octanol–water partition coefficient (Wildman–Crippen LogP) is 6.09. The zero-order valence-electron chi connectivity index (χ0n) is 17.3. The molecule has 0 unspecified atom stereocenters. The number of ether oxygens (including phenoxy) is 1. The molecule has 5 nitrogen and oxygen atoms in total. The molecule has 0 aliphatic heterocycles. The Labute approximate surface area is 190 Å². The predicted molar refractivity (Wildman–Crippen MR) is 125 cm³/mol. The van der Waals surface area contributed by atoms with Crippen LogP contribution in [0.15, 0.2) is 66.3 Å². The number of amides is 1. The molecule has 0 saturated carbocycles. The van der Waals surface area contributed by atoms with Gasteiger partial charge in [0.05, 0.1) is 23.3 Å². The second-order valence-corrected chi connectivity index (χ2v) is 8.70.